The van der Waals surface area contributed by atoms with Crippen molar-refractivity contribution in [2.45, 2.75) is 39.0 Å². The van der Waals surface area contributed by atoms with Crippen LogP contribution < -0.4 is 5.73 Å². The lowest BCUT2D eigenvalue weighted by Crippen LogP contribution is -2.43. The second-order valence-corrected chi connectivity index (χ2v) is 12.0. The van der Waals surface area contributed by atoms with Crippen LogP contribution in [-0.2, 0) is 17.9 Å². The van der Waals surface area contributed by atoms with Crippen LogP contribution in [-0.4, -0.2) is 67.6 Å². The number of hydrogen-bond acceptors (Lipinski definition) is 6. The van der Waals surface area contributed by atoms with Gasteiger partial charge in [0.1, 0.15) is 17.1 Å². The molecule has 2 aliphatic rings. The van der Waals surface area contributed by atoms with E-state index in [1.807, 2.05) is 18.2 Å². The van der Waals surface area contributed by atoms with Gasteiger partial charge in [0.05, 0.1) is 35.4 Å². The van der Waals surface area contributed by atoms with Gasteiger partial charge in [0.15, 0.2) is 5.82 Å². The SMILES string of the molecule is CC(C)C1CN(Cc2ccccc2)CC1C(=O)N1CCC(O)(Cn2cc(-c3cc(F)c(Br)c(F)c3N)nn2)C1. The van der Waals surface area contributed by atoms with Crippen molar-refractivity contribution in [3.05, 3.63) is 64.3 Å². The highest BCUT2D eigenvalue weighted by atomic mass is 79.9. The van der Waals surface area contributed by atoms with E-state index in [0.29, 0.717) is 25.4 Å². The number of nitrogen functional groups attached to an aromatic ring is 1. The molecule has 0 bridgehead atoms. The minimum atomic E-state index is -1.20. The first-order valence-electron chi connectivity index (χ1n) is 13.2. The maximum Gasteiger partial charge on any atom is 0.227 e. The van der Waals surface area contributed by atoms with Gasteiger partial charge < -0.3 is 15.7 Å². The van der Waals surface area contributed by atoms with E-state index in [4.69, 9.17) is 5.73 Å². The van der Waals surface area contributed by atoms with Gasteiger partial charge in [-0.15, -0.1) is 5.10 Å². The molecule has 11 heteroatoms. The van der Waals surface area contributed by atoms with E-state index in [9.17, 15) is 18.7 Å². The summed E-state index contributed by atoms with van der Waals surface area (Å²) in [4.78, 5) is 17.8. The van der Waals surface area contributed by atoms with Gasteiger partial charge in [-0.25, -0.2) is 13.5 Å². The van der Waals surface area contributed by atoms with Gasteiger partial charge in [-0.05, 0) is 45.8 Å². The number of likely N-dealkylation sites (tertiary alicyclic amines) is 2. The van der Waals surface area contributed by atoms with Crippen molar-refractivity contribution in [2.24, 2.45) is 17.8 Å². The summed E-state index contributed by atoms with van der Waals surface area (Å²) < 4.78 is 29.4. The Morgan fingerprint density at radius 3 is 2.72 bits per heavy atom. The minimum absolute atomic E-state index is 0.0769. The van der Waals surface area contributed by atoms with Crippen molar-refractivity contribution in [3.63, 3.8) is 0 Å². The first-order chi connectivity index (χ1) is 18.5. The zero-order valence-electron chi connectivity index (χ0n) is 22.0. The van der Waals surface area contributed by atoms with E-state index in [-0.39, 0.29) is 52.2 Å². The number of nitrogens with zero attached hydrogens (tertiary/aromatic N) is 5. The van der Waals surface area contributed by atoms with E-state index >= 15 is 0 Å². The van der Waals surface area contributed by atoms with Crippen molar-refractivity contribution in [2.75, 3.05) is 31.9 Å². The first-order valence-corrected chi connectivity index (χ1v) is 13.9. The second-order valence-electron chi connectivity index (χ2n) is 11.2. The molecule has 2 saturated heterocycles. The lowest BCUT2D eigenvalue weighted by Gasteiger charge is -2.27. The second kappa shape index (κ2) is 10.9. The number of anilines is 1. The van der Waals surface area contributed by atoms with E-state index in [0.717, 1.165) is 19.2 Å². The Labute approximate surface area is 234 Å². The quantitative estimate of drug-likeness (QED) is 0.314. The number of amides is 1. The molecule has 3 unspecified atom stereocenters. The topological polar surface area (TPSA) is 101 Å². The number of β-amino-alcohol motifs (C(OH)–C–C–N with tert-alkyl or cyclic N) is 1. The number of rotatable bonds is 7. The molecule has 3 atom stereocenters. The van der Waals surface area contributed by atoms with Crippen LogP contribution in [0.3, 0.4) is 0 Å². The smallest absolute Gasteiger partial charge is 0.227 e. The van der Waals surface area contributed by atoms with Gasteiger partial charge in [0.25, 0.3) is 0 Å². The summed E-state index contributed by atoms with van der Waals surface area (Å²) in [6.07, 6.45) is 1.89. The molecule has 39 heavy (non-hydrogen) atoms. The maximum atomic E-state index is 14.2. The molecule has 3 aromatic rings. The largest absolute Gasteiger partial charge is 0.396 e. The maximum absolute atomic E-state index is 14.2. The van der Waals surface area contributed by atoms with Crippen LogP contribution in [0.4, 0.5) is 14.5 Å². The first kappa shape index (κ1) is 27.7. The summed E-state index contributed by atoms with van der Waals surface area (Å²) in [6.45, 7) is 7.41. The number of carbonyl (C=O) groups is 1. The number of aromatic nitrogens is 3. The summed E-state index contributed by atoms with van der Waals surface area (Å²) in [5.41, 5.74) is 5.89. The molecule has 0 saturated carbocycles. The van der Waals surface area contributed by atoms with Crippen molar-refractivity contribution < 1.29 is 18.7 Å². The Bertz CT molecular complexity index is 1350. The van der Waals surface area contributed by atoms with Gasteiger partial charge in [0.2, 0.25) is 5.91 Å². The van der Waals surface area contributed by atoms with Crippen LogP contribution in [0.25, 0.3) is 11.3 Å². The Morgan fingerprint density at radius 1 is 1.26 bits per heavy atom. The van der Waals surface area contributed by atoms with Crippen molar-refractivity contribution in [3.8, 4) is 11.3 Å². The highest BCUT2D eigenvalue weighted by Crippen LogP contribution is 2.35. The molecule has 2 aliphatic heterocycles. The van der Waals surface area contributed by atoms with Crippen LogP contribution in [0, 0.1) is 29.4 Å². The van der Waals surface area contributed by atoms with Crippen molar-refractivity contribution >= 4 is 27.5 Å². The van der Waals surface area contributed by atoms with Gasteiger partial charge in [-0.3, -0.25) is 9.69 Å². The summed E-state index contributed by atoms with van der Waals surface area (Å²) in [7, 11) is 0. The molecule has 208 valence electrons. The molecule has 0 aliphatic carbocycles. The molecule has 0 radical (unpaired) electrons. The standard InChI is InChI=1S/C28H33BrF2N6O2/c1-17(2)20-12-35(11-18-6-4-3-5-7-18)13-21(20)27(38)36-9-8-28(39,15-36)16-37-14-23(33-34-37)19-10-22(30)24(29)25(31)26(19)32/h3-7,10,14,17,20-21,39H,8-9,11-13,15-16,32H2,1-2H3. The predicted octanol–water partition coefficient (Wildman–Crippen LogP) is 3.94. The molecule has 8 nitrogen and oxygen atoms in total. The zero-order chi connectivity index (χ0) is 27.9. The Hall–Kier alpha value is -2.89. The molecule has 2 aromatic carbocycles. The average Bonchev–Trinajstić information content (AvgIpc) is 3.64. The van der Waals surface area contributed by atoms with Crippen LogP contribution in [0.5, 0.6) is 0 Å². The molecule has 1 aromatic heterocycles. The number of hydrogen-bond donors (Lipinski definition) is 2. The fraction of sp³-hybridized carbons (Fsp3) is 0.464. The van der Waals surface area contributed by atoms with E-state index in [2.05, 4.69) is 57.1 Å². The van der Waals surface area contributed by atoms with Gasteiger partial charge in [-0.2, -0.15) is 0 Å². The Balaban J connectivity index is 1.25. The highest BCUT2D eigenvalue weighted by molar-refractivity contribution is 9.10. The number of carbonyl (C=O) groups excluding carboxylic acids is 1. The van der Waals surface area contributed by atoms with Crippen LogP contribution in [0.2, 0.25) is 0 Å². The van der Waals surface area contributed by atoms with E-state index in [1.165, 1.54) is 16.4 Å². The number of aliphatic hydroxyl groups is 1. The lowest BCUT2D eigenvalue weighted by molar-refractivity contribution is -0.136. The Kier molecular flexibility index (Phi) is 7.76. The van der Waals surface area contributed by atoms with Gasteiger partial charge in [-0.1, -0.05) is 49.4 Å². The monoisotopic (exact) mass is 602 g/mol. The fourth-order valence-electron chi connectivity index (χ4n) is 5.85. The average molecular weight is 604 g/mol. The van der Waals surface area contributed by atoms with Crippen LogP contribution in [0.15, 0.2) is 47.1 Å². The predicted molar refractivity (Wildman–Crippen MR) is 147 cm³/mol. The van der Waals surface area contributed by atoms with Crippen LogP contribution in [0.1, 0.15) is 25.8 Å². The fourth-order valence-corrected chi connectivity index (χ4v) is 6.18. The highest BCUT2D eigenvalue weighted by Gasteiger charge is 2.45. The van der Waals surface area contributed by atoms with Crippen molar-refractivity contribution in [1.29, 1.82) is 0 Å². The molecule has 3 heterocycles. The molecule has 0 spiro atoms. The molecular formula is C28H33BrF2N6O2. The molecule has 2 fully saturated rings. The summed E-state index contributed by atoms with van der Waals surface area (Å²) >= 11 is 2.84. The van der Waals surface area contributed by atoms with E-state index in [1.54, 1.807) is 4.90 Å². The van der Waals surface area contributed by atoms with Crippen LogP contribution >= 0.6 is 15.9 Å². The molecule has 1 amide bonds. The third kappa shape index (κ3) is 5.71. The lowest BCUT2D eigenvalue weighted by atomic mass is 9.85. The number of halogens is 3. The molecule has 5 rings (SSSR count). The normalized spacial score (nSPS) is 23.7. The van der Waals surface area contributed by atoms with Crippen molar-refractivity contribution in [1.82, 2.24) is 24.8 Å². The van der Waals surface area contributed by atoms with E-state index < -0.39 is 17.2 Å². The summed E-state index contributed by atoms with van der Waals surface area (Å²) in [5.74, 6) is -1.16. The third-order valence-corrected chi connectivity index (χ3v) is 8.71. The zero-order valence-corrected chi connectivity index (χ0v) is 23.6. The molecular weight excluding hydrogens is 570 g/mol. The Morgan fingerprint density at radius 2 is 2.00 bits per heavy atom. The van der Waals surface area contributed by atoms with Gasteiger partial charge >= 0.3 is 0 Å². The summed E-state index contributed by atoms with van der Waals surface area (Å²) in [5, 5.41) is 19.4. The number of benzene rings is 2. The minimum Gasteiger partial charge on any atom is -0.396 e. The summed E-state index contributed by atoms with van der Waals surface area (Å²) in [6, 6.07) is 11.4. The van der Waals surface area contributed by atoms with Gasteiger partial charge in [0, 0.05) is 31.7 Å². The number of nitrogens with two attached hydrogens (primary N) is 1. The molecule has 3 N–H and O–H groups in total. The third-order valence-electron chi connectivity index (χ3n) is 7.98.